The van der Waals surface area contributed by atoms with Gasteiger partial charge in [-0.3, -0.25) is 19.2 Å². The summed E-state index contributed by atoms with van der Waals surface area (Å²) < 4.78 is 0. The van der Waals surface area contributed by atoms with Gasteiger partial charge in [0.2, 0.25) is 5.91 Å². The summed E-state index contributed by atoms with van der Waals surface area (Å²) in [6.07, 6.45) is 14.5. The number of carbonyl (C=O) groups excluding carboxylic acids is 4. The summed E-state index contributed by atoms with van der Waals surface area (Å²) in [5.41, 5.74) is 0. The van der Waals surface area contributed by atoms with Crippen LogP contribution < -0.4 is 5.32 Å². The Bertz CT molecular complexity index is 620. The standard InChI is InChI=1S/C24H40N2O7/c27-20(25-19-13-16-24(32)33-26-21(28)17-18-22(26)29)14-11-9-7-5-3-1-2-4-6-8-10-12-15-23(30)31/h1-19H2,(H,25,27)(H,30,31). The van der Waals surface area contributed by atoms with Crippen LogP contribution in [0.3, 0.4) is 0 Å². The predicted octanol–water partition coefficient (Wildman–Crippen LogP) is 4.04. The third-order valence-electron chi connectivity index (χ3n) is 5.62. The Balaban J connectivity index is 1.83. The minimum absolute atomic E-state index is 0.0298. The Kier molecular flexibility index (Phi) is 15.6. The molecule has 0 aromatic carbocycles. The number of imide groups is 1. The molecule has 0 spiro atoms. The second-order valence-electron chi connectivity index (χ2n) is 8.64. The van der Waals surface area contributed by atoms with E-state index >= 15 is 0 Å². The van der Waals surface area contributed by atoms with Gasteiger partial charge in [0.15, 0.2) is 0 Å². The molecule has 0 atom stereocenters. The first-order valence-corrected chi connectivity index (χ1v) is 12.4. The number of nitrogens with one attached hydrogen (secondary N) is 1. The molecule has 0 saturated carbocycles. The number of carboxylic acids is 1. The first kappa shape index (κ1) is 28.6. The molecule has 9 nitrogen and oxygen atoms in total. The highest BCUT2D eigenvalue weighted by molar-refractivity contribution is 6.01. The largest absolute Gasteiger partial charge is 0.481 e. The van der Waals surface area contributed by atoms with E-state index in [2.05, 4.69) is 5.32 Å². The number of hydrogen-bond acceptors (Lipinski definition) is 6. The van der Waals surface area contributed by atoms with Crippen molar-refractivity contribution < 1.29 is 33.9 Å². The Morgan fingerprint density at radius 2 is 1.15 bits per heavy atom. The molecule has 188 valence electrons. The van der Waals surface area contributed by atoms with Gasteiger partial charge >= 0.3 is 11.9 Å². The lowest BCUT2D eigenvalue weighted by atomic mass is 10.0. The number of nitrogens with zero attached hydrogens (tertiary/aromatic N) is 1. The lowest BCUT2D eigenvalue weighted by Crippen LogP contribution is -2.32. The van der Waals surface area contributed by atoms with Crippen LogP contribution in [0.4, 0.5) is 0 Å². The number of unbranched alkanes of at least 4 members (excludes halogenated alkanes) is 11. The highest BCUT2D eigenvalue weighted by atomic mass is 16.7. The van der Waals surface area contributed by atoms with Crippen molar-refractivity contribution in [2.45, 2.75) is 116 Å². The minimum atomic E-state index is -0.705. The fourth-order valence-electron chi connectivity index (χ4n) is 3.68. The molecule has 0 aliphatic carbocycles. The van der Waals surface area contributed by atoms with Crippen molar-refractivity contribution in [1.82, 2.24) is 10.4 Å². The molecule has 9 heteroatoms. The molecule has 0 aromatic heterocycles. The van der Waals surface area contributed by atoms with Gasteiger partial charge in [0.1, 0.15) is 0 Å². The smallest absolute Gasteiger partial charge is 0.333 e. The van der Waals surface area contributed by atoms with Gasteiger partial charge in [0.25, 0.3) is 11.8 Å². The lowest BCUT2D eigenvalue weighted by molar-refractivity contribution is -0.197. The molecule has 3 amide bonds. The maximum absolute atomic E-state index is 11.8. The third kappa shape index (κ3) is 15.1. The summed E-state index contributed by atoms with van der Waals surface area (Å²) in [6.45, 7) is 0.357. The average molecular weight is 469 g/mol. The number of amides is 3. The van der Waals surface area contributed by atoms with Crippen LogP contribution in [0.1, 0.15) is 116 Å². The molecule has 33 heavy (non-hydrogen) atoms. The SMILES string of the molecule is O=C(O)CCCCCCCCCCCCCCC(=O)NCCCC(=O)ON1C(=O)CCC1=O. The number of carbonyl (C=O) groups is 5. The van der Waals surface area contributed by atoms with Crippen LogP contribution in [-0.4, -0.2) is 46.4 Å². The van der Waals surface area contributed by atoms with Gasteiger partial charge in [-0.05, 0) is 19.3 Å². The van der Waals surface area contributed by atoms with Crippen LogP contribution >= 0.6 is 0 Å². The molecule has 1 heterocycles. The van der Waals surface area contributed by atoms with Crippen LogP contribution in [0.5, 0.6) is 0 Å². The predicted molar refractivity (Wildman–Crippen MR) is 122 cm³/mol. The lowest BCUT2D eigenvalue weighted by Gasteiger charge is -2.12. The Morgan fingerprint density at radius 1 is 0.697 bits per heavy atom. The second kappa shape index (κ2) is 18.0. The van der Waals surface area contributed by atoms with Crippen molar-refractivity contribution in [3.05, 3.63) is 0 Å². The molecular formula is C24H40N2O7. The van der Waals surface area contributed by atoms with E-state index in [0.29, 0.717) is 24.4 Å². The van der Waals surface area contributed by atoms with Crippen LogP contribution in [0.2, 0.25) is 0 Å². The highest BCUT2D eigenvalue weighted by Crippen LogP contribution is 2.14. The van der Waals surface area contributed by atoms with E-state index in [-0.39, 0.29) is 31.6 Å². The van der Waals surface area contributed by atoms with Gasteiger partial charge in [-0.25, -0.2) is 4.79 Å². The van der Waals surface area contributed by atoms with E-state index in [1.165, 1.54) is 38.5 Å². The summed E-state index contributed by atoms with van der Waals surface area (Å²) in [5.74, 6) is -2.38. The van der Waals surface area contributed by atoms with E-state index in [4.69, 9.17) is 9.94 Å². The summed E-state index contributed by atoms with van der Waals surface area (Å²) in [6, 6.07) is 0. The molecular weight excluding hydrogens is 428 g/mol. The van der Waals surface area contributed by atoms with E-state index in [1.807, 2.05) is 0 Å². The van der Waals surface area contributed by atoms with Gasteiger partial charge < -0.3 is 15.3 Å². The molecule has 1 rings (SSSR count). The molecule has 1 saturated heterocycles. The molecule has 0 bridgehead atoms. The van der Waals surface area contributed by atoms with Gasteiger partial charge in [-0.1, -0.05) is 64.2 Å². The summed E-state index contributed by atoms with van der Waals surface area (Å²) in [5, 5.41) is 11.9. The summed E-state index contributed by atoms with van der Waals surface area (Å²) in [4.78, 5) is 61.4. The van der Waals surface area contributed by atoms with Crippen LogP contribution in [0, 0.1) is 0 Å². The molecule has 1 fully saturated rings. The van der Waals surface area contributed by atoms with Crippen molar-refractivity contribution in [3.8, 4) is 0 Å². The van der Waals surface area contributed by atoms with Gasteiger partial charge in [-0.2, -0.15) is 0 Å². The van der Waals surface area contributed by atoms with Crippen LogP contribution in [0.25, 0.3) is 0 Å². The minimum Gasteiger partial charge on any atom is -0.481 e. The maximum atomic E-state index is 11.8. The zero-order valence-corrected chi connectivity index (χ0v) is 19.8. The first-order chi connectivity index (χ1) is 15.9. The first-order valence-electron chi connectivity index (χ1n) is 12.4. The van der Waals surface area contributed by atoms with Crippen molar-refractivity contribution in [2.24, 2.45) is 0 Å². The van der Waals surface area contributed by atoms with Gasteiger partial charge in [0, 0.05) is 38.6 Å². The zero-order chi connectivity index (χ0) is 24.3. The Labute approximate surface area is 196 Å². The summed E-state index contributed by atoms with van der Waals surface area (Å²) in [7, 11) is 0. The number of hydrogen-bond donors (Lipinski definition) is 2. The molecule has 0 radical (unpaired) electrons. The molecule has 0 unspecified atom stereocenters. The Morgan fingerprint density at radius 3 is 1.64 bits per heavy atom. The van der Waals surface area contributed by atoms with E-state index in [1.54, 1.807) is 0 Å². The van der Waals surface area contributed by atoms with Crippen molar-refractivity contribution in [3.63, 3.8) is 0 Å². The maximum Gasteiger partial charge on any atom is 0.333 e. The second-order valence-corrected chi connectivity index (χ2v) is 8.64. The van der Waals surface area contributed by atoms with Crippen LogP contribution in [0.15, 0.2) is 0 Å². The average Bonchev–Trinajstić information content (AvgIpc) is 3.08. The zero-order valence-electron chi connectivity index (χ0n) is 19.8. The third-order valence-corrected chi connectivity index (χ3v) is 5.62. The van der Waals surface area contributed by atoms with Crippen molar-refractivity contribution in [1.29, 1.82) is 0 Å². The Hall–Kier alpha value is -2.45. The topological polar surface area (TPSA) is 130 Å². The van der Waals surface area contributed by atoms with Gasteiger partial charge in [0.05, 0.1) is 0 Å². The van der Waals surface area contributed by atoms with Gasteiger partial charge in [-0.15, -0.1) is 5.06 Å². The monoisotopic (exact) mass is 468 g/mol. The van der Waals surface area contributed by atoms with E-state index < -0.39 is 23.8 Å². The fraction of sp³-hybridized carbons (Fsp3) is 0.792. The number of carboxylic acid groups (broad SMARTS) is 1. The summed E-state index contributed by atoms with van der Waals surface area (Å²) >= 11 is 0. The normalized spacial score (nSPS) is 13.4. The van der Waals surface area contributed by atoms with E-state index in [0.717, 1.165) is 38.5 Å². The van der Waals surface area contributed by atoms with Crippen molar-refractivity contribution in [2.75, 3.05) is 6.54 Å². The number of aliphatic carboxylic acids is 1. The quantitative estimate of drug-likeness (QED) is 0.204. The molecule has 1 aliphatic heterocycles. The highest BCUT2D eigenvalue weighted by Gasteiger charge is 2.32. The molecule has 1 aliphatic rings. The van der Waals surface area contributed by atoms with Crippen LogP contribution in [-0.2, 0) is 28.8 Å². The molecule has 0 aromatic rings. The number of hydroxylamine groups is 2. The number of rotatable bonds is 20. The van der Waals surface area contributed by atoms with Crippen molar-refractivity contribution >= 4 is 29.7 Å². The molecule has 2 N–H and O–H groups in total. The van der Waals surface area contributed by atoms with E-state index in [9.17, 15) is 24.0 Å². The fourth-order valence-corrected chi connectivity index (χ4v) is 3.68.